The summed E-state index contributed by atoms with van der Waals surface area (Å²) in [6, 6.07) is 5.94. The number of aryl methyl sites for hydroxylation is 1. The molecule has 1 aromatic carbocycles. The number of aromatic nitrogens is 1. The number of unbranched alkanes of at least 4 members (excludes halogenated alkanes) is 11. The fourth-order valence-electron chi connectivity index (χ4n) is 3.72. The summed E-state index contributed by atoms with van der Waals surface area (Å²) in [5, 5.41) is 10.3. The number of allylic oxidation sites excluding steroid dienone is 2. The van der Waals surface area contributed by atoms with E-state index >= 15 is 0 Å². The lowest BCUT2D eigenvalue weighted by atomic mass is 10.1. The molecule has 2 rings (SSSR count). The van der Waals surface area contributed by atoms with Crippen LogP contribution in [0.25, 0.3) is 11.1 Å². The summed E-state index contributed by atoms with van der Waals surface area (Å²) < 4.78 is 5.72. The predicted molar refractivity (Wildman–Crippen MR) is 123 cm³/mol. The Balaban J connectivity index is 1.45. The zero-order chi connectivity index (χ0) is 20.7. The summed E-state index contributed by atoms with van der Waals surface area (Å²) in [5.41, 5.74) is 2.74. The van der Waals surface area contributed by atoms with Crippen molar-refractivity contribution in [1.29, 1.82) is 0 Å². The Labute approximate surface area is 177 Å². The molecule has 2 aromatic rings. The summed E-state index contributed by atoms with van der Waals surface area (Å²) in [5.74, 6) is 0.459. The van der Waals surface area contributed by atoms with Crippen molar-refractivity contribution in [1.82, 2.24) is 4.98 Å². The standard InChI is InChI=1S/C26H41NO2/c1-3-4-5-6-7-8-9-10-11-12-13-14-15-16-17-18-24(28)26-27-23-20-19-22(2)21-25(23)29-26/h10-11,19-21,24,28H,3-9,12-18H2,1-2H3. The van der Waals surface area contributed by atoms with E-state index in [4.69, 9.17) is 4.42 Å². The highest BCUT2D eigenvalue weighted by Crippen LogP contribution is 2.24. The Hall–Kier alpha value is -1.61. The average molecular weight is 400 g/mol. The molecule has 0 fully saturated rings. The zero-order valence-corrected chi connectivity index (χ0v) is 18.7. The van der Waals surface area contributed by atoms with Crippen LogP contribution in [0.3, 0.4) is 0 Å². The van der Waals surface area contributed by atoms with E-state index in [0.29, 0.717) is 5.89 Å². The molecule has 0 aliphatic rings. The number of nitrogens with zero attached hydrogens (tertiary/aromatic N) is 1. The smallest absolute Gasteiger partial charge is 0.224 e. The van der Waals surface area contributed by atoms with Crippen molar-refractivity contribution in [3.05, 3.63) is 41.8 Å². The van der Waals surface area contributed by atoms with Crippen LogP contribution in [0.1, 0.15) is 114 Å². The topological polar surface area (TPSA) is 46.3 Å². The molecular formula is C26H41NO2. The molecule has 0 saturated heterocycles. The van der Waals surface area contributed by atoms with Crippen molar-refractivity contribution in [3.8, 4) is 0 Å². The van der Waals surface area contributed by atoms with E-state index in [1.807, 2.05) is 25.1 Å². The number of aliphatic hydroxyl groups excluding tert-OH is 1. The van der Waals surface area contributed by atoms with Gasteiger partial charge in [0.05, 0.1) is 0 Å². The molecule has 1 heterocycles. The Morgan fingerprint density at radius 3 is 2.21 bits per heavy atom. The number of benzene rings is 1. The van der Waals surface area contributed by atoms with Crippen LogP contribution in [-0.2, 0) is 0 Å². The van der Waals surface area contributed by atoms with Crippen molar-refractivity contribution >= 4 is 11.1 Å². The van der Waals surface area contributed by atoms with Crippen molar-refractivity contribution < 1.29 is 9.52 Å². The molecule has 162 valence electrons. The lowest BCUT2D eigenvalue weighted by Crippen LogP contribution is -1.97. The molecule has 1 aromatic heterocycles. The molecule has 3 heteroatoms. The lowest BCUT2D eigenvalue weighted by Gasteiger charge is -2.06. The number of fused-ring (bicyclic) bond motifs is 1. The molecule has 1 atom stereocenters. The van der Waals surface area contributed by atoms with Crippen molar-refractivity contribution in [3.63, 3.8) is 0 Å². The van der Waals surface area contributed by atoms with E-state index in [0.717, 1.165) is 35.9 Å². The molecule has 1 unspecified atom stereocenters. The maximum absolute atomic E-state index is 10.3. The first kappa shape index (κ1) is 23.7. The third kappa shape index (κ3) is 9.62. The monoisotopic (exact) mass is 399 g/mol. The fraction of sp³-hybridized carbons (Fsp3) is 0.654. The summed E-state index contributed by atoms with van der Waals surface area (Å²) >= 11 is 0. The maximum atomic E-state index is 10.3. The van der Waals surface area contributed by atoms with Gasteiger partial charge in [0, 0.05) is 0 Å². The number of oxazole rings is 1. The van der Waals surface area contributed by atoms with Gasteiger partial charge in [-0.05, 0) is 56.7 Å². The molecule has 3 nitrogen and oxygen atoms in total. The summed E-state index contributed by atoms with van der Waals surface area (Å²) in [6.45, 7) is 4.30. The normalized spacial score (nSPS) is 12.9. The van der Waals surface area contributed by atoms with Crippen LogP contribution in [0.5, 0.6) is 0 Å². The van der Waals surface area contributed by atoms with Gasteiger partial charge in [-0.15, -0.1) is 0 Å². The molecule has 0 aliphatic carbocycles. The van der Waals surface area contributed by atoms with E-state index < -0.39 is 6.10 Å². The zero-order valence-electron chi connectivity index (χ0n) is 18.7. The van der Waals surface area contributed by atoms with Crippen molar-refractivity contribution in [2.24, 2.45) is 0 Å². The van der Waals surface area contributed by atoms with E-state index in [2.05, 4.69) is 24.1 Å². The highest BCUT2D eigenvalue weighted by atomic mass is 16.4. The van der Waals surface area contributed by atoms with Gasteiger partial charge in [0.25, 0.3) is 0 Å². The second-order valence-electron chi connectivity index (χ2n) is 8.41. The summed E-state index contributed by atoms with van der Waals surface area (Å²) in [6.07, 6.45) is 21.6. The summed E-state index contributed by atoms with van der Waals surface area (Å²) in [4.78, 5) is 4.42. The molecule has 1 N–H and O–H groups in total. The van der Waals surface area contributed by atoms with Crippen LogP contribution in [0.2, 0.25) is 0 Å². The van der Waals surface area contributed by atoms with Gasteiger partial charge >= 0.3 is 0 Å². The molecule has 0 bridgehead atoms. The van der Waals surface area contributed by atoms with Gasteiger partial charge in [0.15, 0.2) is 5.58 Å². The average Bonchev–Trinajstić information content (AvgIpc) is 3.14. The van der Waals surface area contributed by atoms with Gasteiger partial charge in [-0.25, -0.2) is 4.98 Å². The molecule has 0 radical (unpaired) electrons. The molecule has 0 amide bonds. The molecule has 0 spiro atoms. The van der Waals surface area contributed by atoms with Crippen LogP contribution < -0.4 is 0 Å². The first-order valence-electron chi connectivity index (χ1n) is 11.9. The second kappa shape index (κ2) is 14.4. The first-order valence-corrected chi connectivity index (χ1v) is 11.9. The van der Waals surface area contributed by atoms with Gasteiger partial charge in [-0.3, -0.25) is 0 Å². The van der Waals surface area contributed by atoms with Crippen LogP contribution in [0.4, 0.5) is 0 Å². The minimum Gasteiger partial charge on any atom is -0.438 e. The van der Waals surface area contributed by atoms with Crippen LogP contribution in [-0.4, -0.2) is 10.1 Å². The van der Waals surface area contributed by atoms with Gasteiger partial charge in [0.1, 0.15) is 11.6 Å². The van der Waals surface area contributed by atoms with Crippen LogP contribution >= 0.6 is 0 Å². The first-order chi connectivity index (χ1) is 14.2. The predicted octanol–water partition coefficient (Wildman–Crippen LogP) is 8.21. The van der Waals surface area contributed by atoms with E-state index in [-0.39, 0.29) is 0 Å². The maximum Gasteiger partial charge on any atom is 0.224 e. The second-order valence-corrected chi connectivity index (χ2v) is 8.41. The SMILES string of the molecule is CCCCCCCCC=CCCCCCCCC(O)c1nc2ccc(C)cc2o1. The Bertz CT molecular complexity index is 704. The molecule has 0 aliphatic heterocycles. The highest BCUT2D eigenvalue weighted by Gasteiger charge is 2.14. The van der Waals surface area contributed by atoms with E-state index in [1.54, 1.807) is 0 Å². The number of hydrogen-bond donors (Lipinski definition) is 1. The Kier molecular flexibility index (Phi) is 11.7. The third-order valence-corrected chi connectivity index (χ3v) is 5.58. The van der Waals surface area contributed by atoms with E-state index in [9.17, 15) is 5.11 Å². The van der Waals surface area contributed by atoms with Gasteiger partial charge in [0.2, 0.25) is 5.89 Å². The number of hydrogen-bond acceptors (Lipinski definition) is 3. The lowest BCUT2D eigenvalue weighted by molar-refractivity contribution is 0.133. The largest absolute Gasteiger partial charge is 0.438 e. The summed E-state index contributed by atoms with van der Waals surface area (Å²) in [7, 11) is 0. The van der Waals surface area contributed by atoms with Gasteiger partial charge < -0.3 is 9.52 Å². The van der Waals surface area contributed by atoms with Crippen molar-refractivity contribution in [2.45, 2.75) is 110 Å². The fourth-order valence-corrected chi connectivity index (χ4v) is 3.72. The molecule has 29 heavy (non-hydrogen) atoms. The third-order valence-electron chi connectivity index (χ3n) is 5.58. The van der Waals surface area contributed by atoms with Crippen LogP contribution in [0, 0.1) is 6.92 Å². The number of rotatable bonds is 16. The van der Waals surface area contributed by atoms with Crippen molar-refractivity contribution in [2.75, 3.05) is 0 Å². The van der Waals surface area contributed by atoms with Gasteiger partial charge in [-0.1, -0.05) is 82.9 Å². The Morgan fingerprint density at radius 2 is 1.52 bits per heavy atom. The van der Waals surface area contributed by atoms with Gasteiger partial charge in [-0.2, -0.15) is 0 Å². The quantitative estimate of drug-likeness (QED) is 0.228. The van der Waals surface area contributed by atoms with E-state index in [1.165, 1.54) is 70.6 Å². The highest BCUT2D eigenvalue weighted by molar-refractivity contribution is 5.73. The minimum atomic E-state index is -0.590. The molecule has 0 saturated carbocycles. The minimum absolute atomic E-state index is 0.459. The van der Waals surface area contributed by atoms with Crippen LogP contribution in [0.15, 0.2) is 34.8 Å². The number of aliphatic hydroxyl groups is 1. The Morgan fingerprint density at radius 1 is 0.897 bits per heavy atom. The molecular weight excluding hydrogens is 358 g/mol.